The van der Waals surface area contributed by atoms with Crippen molar-refractivity contribution in [3.8, 4) is 0 Å². The summed E-state index contributed by atoms with van der Waals surface area (Å²) in [4.78, 5) is 41.2. The molecule has 1 aromatic rings. The number of nitrogens with zero attached hydrogens (tertiary/aromatic N) is 2. The van der Waals surface area contributed by atoms with E-state index in [4.69, 9.17) is 0 Å². The highest BCUT2D eigenvalue weighted by Crippen LogP contribution is 2.40. The van der Waals surface area contributed by atoms with Crippen LogP contribution in [-0.2, 0) is 9.59 Å². The van der Waals surface area contributed by atoms with Crippen molar-refractivity contribution in [2.75, 3.05) is 31.5 Å². The lowest BCUT2D eigenvalue weighted by molar-refractivity contribution is -0.135. The molecule has 0 bridgehead atoms. The molecule has 2 aliphatic rings. The van der Waals surface area contributed by atoms with Crippen molar-refractivity contribution in [2.45, 2.75) is 59.4 Å². The molecule has 7 nitrogen and oxygen atoms in total. The van der Waals surface area contributed by atoms with Crippen LogP contribution in [0, 0.1) is 19.3 Å². The highest BCUT2D eigenvalue weighted by Gasteiger charge is 2.43. The third-order valence-electron chi connectivity index (χ3n) is 6.71. The van der Waals surface area contributed by atoms with Crippen LogP contribution in [0.25, 0.3) is 0 Å². The van der Waals surface area contributed by atoms with Crippen LogP contribution >= 0.6 is 0 Å². The zero-order valence-corrected chi connectivity index (χ0v) is 19.8. The van der Waals surface area contributed by atoms with Gasteiger partial charge in [0.15, 0.2) is 0 Å². The third-order valence-corrected chi connectivity index (χ3v) is 6.71. The first-order valence-corrected chi connectivity index (χ1v) is 11.4. The van der Waals surface area contributed by atoms with E-state index in [9.17, 15) is 14.4 Å². The Labute approximate surface area is 191 Å². The van der Waals surface area contributed by atoms with E-state index in [0.29, 0.717) is 32.6 Å². The molecule has 0 radical (unpaired) electrons. The molecule has 2 heterocycles. The topological polar surface area (TPSA) is 81.8 Å². The molecular weight excluding hydrogens is 404 g/mol. The van der Waals surface area contributed by atoms with Gasteiger partial charge < -0.3 is 20.4 Å². The number of likely N-dealkylation sites (tertiary alicyclic amines) is 2. The summed E-state index contributed by atoms with van der Waals surface area (Å²) in [7, 11) is 0. The maximum absolute atomic E-state index is 13.1. The van der Waals surface area contributed by atoms with Crippen molar-refractivity contribution in [3.05, 3.63) is 41.5 Å². The van der Waals surface area contributed by atoms with Gasteiger partial charge >= 0.3 is 6.03 Å². The molecule has 4 amide bonds. The number of carbonyl (C=O) groups excluding carboxylic acids is 3. The smallest absolute Gasteiger partial charge is 0.321 e. The van der Waals surface area contributed by atoms with Crippen molar-refractivity contribution in [2.24, 2.45) is 5.41 Å². The molecular formula is C25H36N4O3. The molecule has 0 aliphatic carbocycles. The Balaban J connectivity index is 1.56. The van der Waals surface area contributed by atoms with Crippen LogP contribution in [0.3, 0.4) is 0 Å². The molecule has 1 aromatic carbocycles. The minimum Gasteiger partial charge on any atom is -0.344 e. The number of aryl methyl sites for hydroxylation is 2. The fourth-order valence-electron chi connectivity index (χ4n) is 4.88. The van der Waals surface area contributed by atoms with Gasteiger partial charge in [-0.05, 0) is 63.5 Å². The molecule has 32 heavy (non-hydrogen) atoms. The maximum atomic E-state index is 13.1. The monoisotopic (exact) mass is 440 g/mol. The van der Waals surface area contributed by atoms with Crippen LogP contribution in [-0.4, -0.2) is 59.9 Å². The fraction of sp³-hybridized carbons (Fsp3) is 0.560. The Kier molecular flexibility index (Phi) is 7.26. The van der Waals surface area contributed by atoms with E-state index in [1.165, 1.54) is 12.5 Å². The lowest BCUT2D eigenvalue weighted by atomic mass is 9.78. The Morgan fingerprint density at radius 1 is 1.06 bits per heavy atom. The molecule has 2 N–H and O–H groups in total. The summed E-state index contributed by atoms with van der Waals surface area (Å²) < 4.78 is 0. The van der Waals surface area contributed by atoms with E-state index in [0.717, 1.165) is 36.1 Å². The third kappa shape index (κ3) is 5.69. The van der Waals surface area contributed by atoms with E-state index in [2.05, 4.69) is 23.3 Å². The first-order valence-electron chi connectivity index (χ1n) is 11.4. The van der Waals surface area contributed by atoms with Crippen LogP contribution in [0.1, 0.15) is 50.7 Å². The van der Waals surface area contributed by atoms with Crippen molar-refractivity contribution in [3.63, 3.8) is 0 Å². The molecule has 0 saturated carbocycles. The Bertz CT molecular complexity index is 886. The van der Waals surface area contributed by atoms with E-state index in [-0.39, 0.29) is 23.3 Å². The molecule has 1 atom stereocenters. The zero-order valence-electron chi connectivity index (χ0n) is 19.8. The minimum atomic E-state index is -0.552. The molecule has 7 heteroatoms. The van der Waals surface area contributed by atoms with Crippen molar-refractivity contribution < 1.29 is 14.4 Å². The first-order chi connectivity index (χ1) is 15.1. The van der Waals surface area contributed by atoms with Crippen molar-refractivity contribution >= 4 is 23.5 Å². The van der Waals surface area contributed by atoms with Gasteiger partial charge in [-0.25, -0.2) is 4.79 Å². The highest BCUT2D eigenvalue weighted by molar-refractivity contribution is 5.90. The zero-order chi connectivity index (χ0) is 23.5. The molecule has 2 fully saturated rings. The van der Waals surface area contributed by atoms with Crippen molar-refractivity contribution in [1.82, 2.24) is 15.1 Å². The second-order valence-electron chi connectivity index (χ2n) is 9.66. The van der Waals surface area contributed by atoms with Gasteiger partial charge in [0.1, 0.15) is 6.04 Å². The Hall–Kier alpha value is -2.83. The number of piperidine rings is 1. The fourth-order valence-corrected chi connectivity index (χ4v) is 4.88. The Morgan fingerprint density at radius 3 is 2.25 bits per heavy atom. The average molecular weight is 441 g/mol. The first kappa shape index (κ1) is 23.8. The molecule has 1 spiro atoms. The standard InChI is InChI=1S/C25H36N4O3/c1-17(2)14-22(26-20(5)30)23(31)29-13-10-25(16-29)8-11-28(12-9-25)24(32)27-21-7-6-18(3)15-19(21)4/h6-7,15,22H,1,8-14,16H2,2-5H3,(H,26,30)(H,27,32). The molecule has 2 aliphatic heterocycles. The normalized spacial score (nSPS) is 18.4. The van der Waals surface area contributed by atoms with Gasteiger partial charge in [0, 0.05) is 38.8 Å². The van der Waals surface area contributed by atoms with E-state index >= 15 is 0 Å². The predicted molar refractivity (Wildman–Crippen MR) is 126 cm³/mol. The van der Waals surface area contributed by atoms with Gasteiger partial charge in [0.2, 0.25) is 11.8 Å². The number of amides is 4. The predicted octanol–water partition coefficient (Wildman–Crippen LogP) is 3.62. The quantitative estimate of drug-likeness (QED) is 0.686. The van der Waals surface area contributed by atoms with Gasteiger partial charge in [-0.1, -0.05) is 23.3 Å². The number of nitrogens with one attached hydrogen (secondary N) is 2. The maximum Gasteiger partial charge on any atom is 0.321 e. The van der Waals surface area contributed by atoms with Gasteiger partial charge in [0.25, 0.3) is 0 Å². The number of rotatable bonds is 5. The number of benzene rings is 1. The average Bonchev–Trinajstić information content (AvgIpc) is 3.12. The number of hydrogen-bond acceptors (Lipinski definition) is 3. The second kappa shape index (κ2) is 9.76. The van der Waals surface area contributed by atoms with Gasteiger partial charge in [0.05, 0.1) is 0 Å². The summed E-state index contributed by atoms with van der Waals surface area (Å²) in [6.45, 7) is 14.0. The van der Waals surface area contributed by atoms with Gasteiger partial charge in [-0.15, -0.1) is 6.58 Å². The summed E-state index contributed by atoms with van der Waals surface area (Å²) >= 11 is 0. The van der Waals surface area contributed by atoms with Crippen LogP contribution in [0.2, 0.25) is 0 Å². The van der Waals surface area contributed by atoms with Crippen LogP contribution in [0.5, 0.6) is 0 Å². The van der Waals surface area contributed by atoms with Crippen LogP contribution in [0.4, 0.5) is 10.5 Å². The number of urea groups is 1. The SMILES string of the molecule is C=C(C)CC(NC(C)=O)C(=O)N1CCC2(CCN(C(=O)Nc3ccc(C)cc3C)CC2)C1. The number of hydrogen-bond donors (Lipinski definition) is 2. The summed E-state index contributed by atoms with van der Waals surface area (Å²) in [5.74, 6) is -0.239. The molecule has 0 aromatic heterocycles. The second-order valence-corrected chi connectivity index (χ2v) is 9.66. The molecule has 1 unspecified atom stereocenters. The molecule has 3 rings (SSSR count). The Morgan fingerprint density at radius 2 is 1.69 bits per heavy atom. The van der Waals surface area contributed by atoms with Gasteiger partial charge in [-0.2, -0.15) is 0 Å². The lowest BCUT2D eigenvalue weighted by Crippen LogP contribution is -2.49. The van der Waals surface area contributed by atoms with Crippen molar-refractivity contribution in [1.29, 1.82) is 0 Å². The summed E-state index contributed by atoms with van der Waals surface area (Å²) in [5, 5.41) is 5.82. The molecule has 2 saturated heterocycles. The minimum absolute atomic E-state index is 0.0323. The largest absolute Gasteiger partial charge is 0.344 e. The van der Waals surface area contributed by atoms with Crippen LogP contribution in [0.15, 0.2) is 30.4 Å². The highest BCUT2D eigenvalue weighted by atomic mass is 16.2. The van der Waals surface area contributed by atoms with E-state index < -0.39 is 6.04 Å². The van der Waals surface area contributed by atoms with Crippen LogP contribution < -0.4 is 10.6 Å². The number of carbonyl (C=O) groups is 3. The molecule has 174 valence electrons. The van der Waals surface area contributed by atoms with E-state index in [1.807, 2.05) is 42.7 Å². The summed E-state index contributed by atoms with van der Waals surface area (Å²) in [5.41, 5.74) is 4.00. The lowest BCUT2D eigenvalue weighted by Gasteiger charge is -2.39. The summed E-state index contributed by atoms with van der Waals surface area (Å²) in [6.07, 6.45) is 3.14. The summed E-state index contributed by atoms with van der Waals surface area (Å²) in [6, 6.07) is 5.39. The van der Waals surface area contributed by atoms with E-state index in [1.54, 1.807) is 0 Å². The number of anilines is 1. The van der Waals surface area contributed by atoms with Gasteiger partial charge in [-0.3, -0.25) is 9.59 Å².